The molecule has 1 unspecified atom stereocenters. The Kier molecular flexibility index (Phi) is 5.66. The molecule has 0 spiro atoms. The van der Waals surface area contributed by atoms with Crippen LogP contribution in [0.5, 0.6) is 11.8 Å². The highest BCUT2D eigenvalue weighted by Gasteiger charge is 2.32. The first-order valence-electron chi connectivity index (χ1n) is 8.03. The second kappa shape index (κ2) is 7.54. The van der Waals surface area contributed by atoms with Gasteiger partial charge in [-0.25, -0.2) is 4.79 Å². The van der Waals surface area contributed by atoms with Crippen LogP contribution in [0.3, 0.4) is 0 Å². The number of likely N-dealkylation sites (tertiary alicyclic amines) is 1. The fourth-order valence-corrected chi connectivity index (χ4v) is 2.54. The SMILES string of the molecule is COc1nc(OCC2CCCN2C(=O)OC(C)(C)C)ccc1[N+](=O)[O-]. The van der Waals surface area contributed by atoms with E-state index in [1.54, 1.807) is 4.90 Å². The zero-order valence-corrected chi connectivity index (χ0v) is 14.9. The molecule has 2 heterocycles. The number of ether oxygens (including phenoxy) is 3. The van der Waals surface area contributed by atoms with Gasteiger partial charge in [0.15, 0.2) is 0 Å². The number of nitro groups is 1. The number of aromatic nitrogens is 1. The van der Waals surface area contributed by atoms with Crippen molar-refractivity contribution in [3.63, 3.8) is 0 Å². The Bertz CT molecular complexity index is 643. The molecule has 138 valence electrons. The third-order valence-corrected chi connectivity index (χ3v) is 3.63. The fourth-order valence-electron chi connectivity index (χ4n) is 2.54. The largest absolute Gasteiger partial charge is 0.476 e. The zero-order chi connectivity index (χ0) is 18.6. The Labute approximate surface area is 146 Å². The topological polar surface area (TPSA) is 104 Å². The zero-order valence-electron chi connectivity index (χ0n) is 14.9. The van der Waals surface area contributed by atoms with Gasteiger partial charge in [-0.3, -0.25) is 10.1 Å². The molecule has 0 N–H and O–H groups in total. The van der Waals surface area contributed by atoms with Crippen LogP contribution >= 0.6 is 0 Å². The van der Waals surface area contributed by atoms with Crippen molar-refractivity contribution < 1.29 is 23.9 Å². The lowest BCUT2D eigenvalue weighted by atomic mass is 10.2. The molecule has 9 heteroatoms. The van der Waals surface area contributed by atoms with Crippen molar-refractivity contribution in [3.05, 3.63) is 22.2 Å². The summed E-state index contributed by atoms with van der Waals surface area (Å²) in [6.45, 7) is 6.30. The molecule has 0 saturated carbocycles. The number of rotatable bonds is 5. The number of carbonyl (C=O) groups is 1. The van der Waals surface area contributed by atoms with Crippen molar-refractivity contribution in [1.82, 2.24) is 9.88 Å². The predicted octanol–water partition coefficient (Wildman–Crippen LogP) is 2.78. The number of carbonyl (C=O) groups excluding carboxylic acids is 1. The van der Waals surface area contributed by atoms with Crippen LogP contribution in [0.4, 0.5) is 10.5 Å². The minimum atomic E-state index is -0.573. The van der Waals surface area contributed by atoms with E-state index in [1.165, 1.54) is 19.2 Å². The minimum Gasteiger partial charge on any atom is -0.476 e. The van der Waals surface area contributed by atoms with Crippen molar-refractivity contribution in [2.75, 3.05) is 20.3 Å². The van der Waals surface area contributed by atoms with Crippen LogP contribution in [0, 0.1) is 10.1 Å². The lowest BCUT2D eigenvalue weighted by Crippen LogP contribution is -2.42. The van der Waals surface area contributed by atoms with Gasteiger partial charge in [0.05, 0.1) is 18.1 Å². The van der Waals surface area contributed by atoms with E-state index in [0.29, 0.717) is 6.54 Å². The van der Waals surface area contributed by atoms with E-state index in [-0.39, 0.29) is 36.2 Å². The number of methoxy groups -OCH3 is 1. The first-order chi connectivity index (χ1) is 11.7. The van der Waals surface area contributed by atoms with Crippen molar-refractivity contribution in [1.29, 1.82) is 0 Å². The average molecular weight is 353 g/mol. The van der Waals surface area contributed by atoms with Crippen LogP contribution in [0.1, 0.15) is 33.6 Å². The Morgan fingerprint density at radius 1 is 1.44 bits per heavy atom. The Morgan fingerprint density at radius 2 is 2.16 bits per heavy atom. The van der Waals surface area contributed by atoms with E-state index >= 15 is 0 Å². The van der Waals surface area contributed by atoms with E-state index in [2.05, 4.69) is 4.98 Å². The molecule has 1 aromatic heterocycles. The van der Waals surface area contributed by atoms with E-state index in [9.17, 15) is 14.9 Å². The van der Waals surface area contributed by atoms with Crippen LogP contribution < -0.4 is 9.47 Å². The van der Waals surface area contributed by atoms with Gasteiger partial charge in [-0.2, -0.15) is 4.98 Å². The van der Waals surface area contributed by atoms with Gasteiger partial charge < -0.3 is 19.1 Å². The monoisotopic (exact) mass is 353 g/mol. The highest BCUT2D eigenvalue weighted by atomic mass is 16.6. The van der Waals surface area contributed by atoms with Gasteiger partial charge in [-0.05, 0) is 33.6 Å². The van der Waals surface area contributed by atoms with E-state index in [4.69, 9.17) is 14.2 Å². The van der Waals surface area contributed by atoms with Crippen LogP contribution in [0.25, 0.3) is 0 Å². The molecule has 1 aliphatic rings. The molecule has 9 nitrogen and oxygen atoms in total. The summed E-state index contributed by atoms with van der Waals surface area (Å²) in [5.74, 6) is 0.0939. The van der Waals surface area contributed by atoms with Crippen LogP contribution in [-0.4, -0.2) is 52.8 Å². The summed E-state index contributed by atoms with van der Waals surface area (Å²) < 4.78 is 15.9. The molecule has 0 radical (unpaired) electrons. The van der Waals surface area contributed by atoms with E-state index in [0.717, 1.165) is 12.8 Å². The number of hydrogen-bond acceptors (Lipinski definition) is 7. The molecule has 25 heavy (non-hydrogen) atoms. The van der Waals surface area contributed by atoms with Gasteiger partial charge in [0, 0.05) is 18.7 Å². The molecular weight excluding hydrogens is 330 g/mol. The van der Waals surface area contributed by atoms with Crippen molar-refractivity contribution in [3.8, 4) is 11.8 Å². The van der Waals surface area contributed by atoms with Gasteiger partial charge in [0.2, 0.25) is 5.88 Å². The smallest absolute Gasteiger partial charge is 0.410 e. The summed E-state index contributed by atoms with van der Waals surface area (Å²) >= 11 is 0. The number of pyridine rings is 1. The summed E-state index contributed by atoms with van der Waals surface area (Å²) in [6.07, 6.45) is 1.29. The summed E-state index contributed by atoms with van der Waals surface area (Å²) in [5.41, 5.74) is -0.788. The number of nitrogens with zero attached hydrogens (tertiary/aromatic N) is 3. The minimum absolute atomic E-state index is 0.113. The summed E-state index contributed by atoms with van der Waals surface area (Å²) in [6, 6.07) is 2.56. The van der Waals surface area contributed by atoms with E-state index in [1.807, 2.05) is 20.8 Å². The molecule has 0 aromatic carbocycles. The van der Waals surface area contributed by atoms with E-state index < -0.39 is 10.5 Å². The lowest BCUT2D eigenvalue weighted by molar-refractivity contribution is -0.386. The normalized spacial score (nSPS) is 17.3. The third kappa shape index (κ3) is 4.94. The Balaban J connectivity index is 2.00. The molecule has 2 rings (SSSR count). The molecule has 1 saturated heterocycles. The van der Waals surface area contributed by atoms with Crippen LogP contribution in [-0.2, 0) is 4.74 Å². The van der Waals surface area contributed by atoms with Gasteiger partial charge in [0.25, 0.3) is 5.88 Å². The first kappa shape index (κ1) is 18.8. The third-order valence-electron chi connectivity index (χ3n) is 3.63. The summed E-state index contributed by atoms with van der Waals surface area (Å²) in [5, 5.41) is 10.9. The number of amides is 1. The molecule has 1 amide bonds. The highest BCUT2D eigenvalue weighted by molar-refractivity contribution is 5.69. The summed E-state index contributed by atoms with van der Waals surface area (Å²) in [4.78, 5) is 28.2. The molecule has 1 aliphatic heterocycles. The lowest BCUT2D eigenvalue weighted by Gasteiger charge is -2.28. The first-order valence-corrected chi connectivity index (χ1v) is 8.03. The number of hydrogen-bond donors (Lipinski definition) is 0. The molecule has 0 aliphatic carbocycles. The molecule has 0 bridgehead atoms. The maximum atomic E-state index is 12.2. The molecule has 1 atom stereocenters. The summed E-state index contributed by atoms with van der Waals surface area (Å²) in [7, 11) is 1.31. The maximum absolute atomic E-state index is 12.2. The van der Waals surface area contributed by atoms with Gasteiger partial charge in [-0.1, -0.05) is 0 Å². The predicted molar refractivity (Wildman–Crippen MR) is 88.9 cm³/mol. The van der Waals surface area contributed by atoms with Crippen LogP contribution in [0.15, 0.2) is 12.1 Å². The fraction of sp³-hybridized carbons (Fsp3) is 0.625. The van der Waals surface area contributed by atoms with Crippen molar-refractivity contribution in [2.45, 2.75) is 45.3 Å². The van der Waals surface area contributed by atoms with Gasteiger partial charge in [0.1, 0.15) is 12.2 Å². The Morgan fingerprint density at radius 3 is 2.76 bits per heavy atom. The highest BCUT2D eigenvalue weighted by Crippen LogP contribution is 2.27. The maximum Gasteiger partial charge on any atom is 0.410 e. The average Bonchev–Trinajstić information content (AvgIpc) is 2.99. The molecule has 1 aromatic rings. The van der Waals surface area contributed by atoms with Crippen molar-refractivity contribution >= 4 is 11.8 Å². The van der Waals surface area contributed by atoms with Crippen molar-refractivity contribution in [2.24, 2.45) is 0 Å². The molecular formula is C16H23N3O6. The Hall–Kier alpha value is -2.58. The van der Waals surface area contributed by atoms with Gasteiger partial charge in [-0.15, -0.1) is 0 Å². The standard InChI is InChI=1S/C16H23N3O6/c1-16(2,3)25-15(20)18-9-5-6-11(18)10-24-13-8-7-12(19(21)22)14(17-13)23-4/h7-8,11H,5-6,9-10H2,1-4H3. The van der Waals surface area contributed by atoms with Gasteiger partial charge >= 0.3 is 11.8 Å². The van der Waals surface area contributed by atoms with Crippen LogP contribution in [0.2, 0.25) is 0 Å². The second-order valence-electron chi connectivity index (χ2n) is 6.72. The quantitative estimate of drug-likeness (QED) is 0.592. The second-order valence-corrected chi connectivity index (χ2v) is 6.72. The molecule has 1 fully saturated rings.